The molecule has 9 heteroatoms. The normalized spacial score (nSPS) is 19.5. The number of carbonyl (C=O) groups excluding carboxylic acids is 1. The maximum Gasteiger partial charge on any atom is 0.416 e. The summed E-state index contributed by atoms with van der Waals surface area (Å²) in [5.41, 5.74) is 3.57. The van der Waals surface area contributed by atoms with Gasteiger partial charge in [0.05, 0.1) is 25.4 Å². The Morgan fingerprint density at radius 1 is 0.973 bits per heavy atom. The third-order valence-corrected chi connectivity index (χ3v) is 7.17. The number of aryl methyl sites for hydroxylation is 1. The fraction of sp³-hybridized carbons (Fsp3) is 0.464. The van der Waals surface area contributed by atoms with E-state index in [1.54, 1.807) is 0 Å². The standard InChI is InChI=1S/C28H32F3N3O3/c29-28(30,31)22-6-8-24-21(4-2-14-37-26(24)18-22)17-27(35)32-23-7-5-20-3-1-9-34(25(20)19-23)11-10-33-12-15-36-16-13-33/h5-8,17-19H,1-4,9-16H2,(H,32,35)/b21-17+. The van der Waals surface area contributed by atoms with Crippen LogP contribution in [0.1, 0.15) is 36.0 Å². The molecule has 6 nitrogen and oxygen atoms in total. The lowest BCUT2D eigenvalue weighted by Crippen LogP contribution is -2.42. The lowest BCUT2D eigenvalue weighted by Gasteiger charge is -2.34. The SMILES string of the molecule is O=C(/C=C1\CCCOc2cc(C(F)(F)F)ccc21)Nc1ccc2c(c1)N(CCN1CCOCC1)CCC2. The van der Waals surface area contributed by atoms with E-state index in [4.69, 9.17) is 9.47 Å². The van der Waals surface area contributed by atoms with E-state index < -0.39 is 11.7 Å². The van der Waals surface area contributed by atoms with E-state index in [-0.39, 0.29) is 11.7 Å². The first-order chi connectivity index (χ1) is 17.9. The summed E-state index contributed by atoms with van der Waals surface area (Å²) in [7, 11) is 0. The Kier molecular flexibility index (Phi) is 7.71. The summed E-state index contributed by atoms with van der Waals surface area (Å²) in [6.45, 7) is 6.65. The number of anilines is 2. The highest BCUT2D eigenvalue weighted by Crippen LogP contribution is 2.38. The Morgan fingerprint density at radius 3 is 2.62 bits per heavy atom. The molecule has 0 unspecified atom stereocenters. The predicted octanol–water partition coefficient (Wildman–Crippen LogP) is 4.98. The Morgan fingerprint density at radius 2 is 1.81 bits per heavy atom. The van der Waals surface area contributed by atoms with Crippen molar-refractivity contribution in [3.8, 4) is 5.75 Å². The number of benzene rings is 2. The number of ether oxygens (including phenoxy) is 2. The van der Waals surface area contributed by atoms with Gasteiger partial charge in [-0.3, -0.25) is 9.69 Å². The average molecular weight is 516 g/mol. The first kappa shape index (κ1) is 25.6. The molecule has 1 N–H and O–H groups in total. The second-order valence-electron chi connectivity index (χ2n) is 9.71. The number of nitrogens with one attached hydrogen (secondary N) is 1. The Bertz CT molecular complexity index is 1160. The van der Waals surface area contributed by atoms with Crippen LogP contribution < -0.4 is 15.0 Å². The topological polar surface area (TPSA) is 54.0 Å². The van der Waals surface area contributed by atoms with Crippen molar-refractivity contribution in [2.45, 2.75) is 31.9 Å². The number of halogens is 3. The summed E-state index contributed by atoms with van der Waals surface area (Å²) >= 11 is 0. The van der Waals surface area contributed by atoms with Crippen molar-refractivity contribution < 1.29 is 27.4 Å². The molecule has 3 heterocycles. The number of morpholine rings is 1. The van der Waals surface area contributed by atoms with Crippen LogP contribution in [-0.4, -0.2) is 63.4 Å². The number of carbonyl (C=O) groups is 1. The first-order valence-electron chi connectivity index (χ1n) is 12.9. The van der Waals surface area contributed by atoms with Gasteiger partial charge in [0.25, 0.3) is 0 Å². The molecule has 37 heavy (non-hydrogen) atoms. The molecular formula is C28H32F3N3O3. The molecule has 0 aliphatic carbocycles. The van der Waals surface area contributed by atoms with Crippen LogP contribution in [0.2, 0.25) is 0 Å². The number of fused-ring (bicyclic) bond motifs is 2. The van der Waals surface area contributed by atoms with Crippen molar-refractivity contribution in [3.63, 3.8) is 0 Å². The molecule has 0 bridgehead atoms. The molecule has 0 aromatic heterocycles. The van der Waals surface area contributed by atoms with Gasteiger partial charge in [-0.15, -0.1) is 0 Å². The molecule has 1 amide bonds. The molecular weight excluding hydrogens is 483 g/mol. The Labute approximate surface area is 215 Å². The zero-order valence-electron chi connectivity index (χ0n) is 20.8. The number of allylic oxidation sites excluding steroid dienone is 1. The molecule has 3 aliphatic heterocycles. The molecule has 0 radical (unpaired) electrons. The molecule has 1 fully saturated rings. The molecule has 198 valence electrons. The number of hydrogen-bond donors (Lipinski definition) is 1. The van der Waals surface area contributed by atoms with Crippen LogP contribution in [0.15, 0.2) is 42.5 Å². The monoisotopic (exact) mass is 515 g/mol. The molecule has 3 aliphatic rings. The van der Waals surface area contributed by atoms with Gasteiger partial charge in [-0.1, -0.05) is 12.1 Å². The van der Waals surface area contributed by atoms with Crippen LogP contribution in [0, 0.1) is 0 Å². The van der Waals surface area contributed by atoms with Gasteiger partial charge in [0.1, 0.15) is 5.75 Å². The largest absolute Gasteiger partial charge is 0.493 e. The zero-order valence-corrected chi connectivity index (χ0v) is 20.8. The summed E-state index contributed by atoms with van der Waals surface area (Å²) in [6.07, 6.45) is 0.312. The number of hydrogen-bond acceptors (Lipinski definition) is 5. The van der Waals surface area contributed by atoms with Crippen LogP contribution in [0.5, 0.6) is 5.75 Å². The molecule has 2 aromatic carbocycles. The van der Waals surface area contributed by atoms with E-state index in [9.17, 15) is 18.0 Å². The van der Waals surface area contributed by atoms with Gasteiger partial charge in [-0.05, 0) is 61.1 Å². The Hall–Kier alpha value is -3.04. The fourth-order valence-corrected chi connectivity index (χ4v) is 5.20. The van der Waals surface area contributed by atoms with Crippen molar-refractivity contribution in [2.75, 3.05) is 62.8 Å². The molecule has 0 saturated carbocycles. The molecule has 0 spiro atoms. The van der Waals surface area contributed by atoms with Crippen molar-refractivity contribution >= 4 is 22.9 Å². The van der Waals surface area contributed by atoms with Gasteiger partial charge in [0.15, 0.2) is 0 Å². The van der Waals surface area contributed by atoms with E-state index in [2.05, 4.69) is 21.2 Å². The third kappa shape index (κ3) is 6.27. The highest BCUT2D eigenvalue weighted by atomic mass is 19.4. The minimum atomic E-state index is -4.45. The fourth-order valence-electron chi connectivity index (χ4n) is 5.20. The molecule has 2 aromatic rings. The van der Waals surface area contributed by atoms with E-state index >= 15 is 0 Å². The Balaban J connectivity index is 1.30. The second-order valence-corrected chi connectivity index (χ2v) is 9.71. The van der Waals surface area contributed by atoms with Crippen molar-refractivity contribution in [1.29, 1.82) is 0 Å². The average Bonchev–Trinajstić information content (AvgIpc) is 3.09. The summed E-state index contributed by atoms with van der Waals surface area (Å²) < 4.78 is 50.5. The molecule has 1 saturated heterocycles. The van der Waals surface area contributed by atoms with Crippen LogP contribution in [-0.2, 0) is 22.1 Å². The summed E-state index contributed by atoms with van der Waals surface area (Å²) in [4.78, 5) is 17.8. The van der Waals surface area contributed by atoms with Crippen LogP contribution in [0.4, 0.5) is 24.5 Å². The third-order valence-electron chi connectivity index (χ3n) is 7.17. The summed E-state index contributed by atoms with van der Waals surface area (Å²) in [6, 6.07) is 9.47. The van der Waals surface area contributed by atoms with Gasteiger partial charge < -0.3 is 19.7 Å². The van der Waals surface area contributed by atoms with Gasteiger partial charge >= 0.3 is 6.18 Å². The molecule has 0 atom stereocenters. The number of nitrogens with zero attached hydrogens (tertiary/aromatic N) is 2. The summed E-state index contributed by atoms with van der Waals surface area (Å²) in [5, 5.41) is 2.96. The highest BCUT2D eigenvalue weighted by molar-refractivity contribution is 6.04. The maximum absolute atomic E-state index is 13.2. The van der Waals surface area contributed by atoms with Crippen molar-refractivity contribution in [3.05, 3.63) is 59.2 Å². The van der Waals surface area contributed by atoms with E-state index in [0.29, 0.717) is 36.3 Å². The van der Waals surface area contributed by atoms with Crippen molar-refractivity contribution in [2.24, 2.45) is 0 Å². The number of rotatable bonds is 5. The second kappa shape index (κ2) is 11.1. The first-order valence-corrected chi connectivity index (χ1v) is 12.9. The molecule has 5 rings (SSSR count). The number of alkyl halides is 3. The highest BCUT2D eigenvalue weighted by Gasteiger charge is 2.32. The minimum Gasteiger partial charge on any atom is -0.493 e. The lowest BCUT2D eigenvalue weighted by atomic mass is 9.98. The van der Waals surface area contributed by atoms with E-state index in [0.717, 1.165) is 76.6 Å². The van der Waals surface area contributed by atoms with Gasteiger partial charge in [-0.2, -0.15) is 13.2 Å². The van der Waals surface area contributed by atoms with Crippen LogP contribution in [0.25, 0.3) is 5.57 Å². The van der Waals surface area contributed by atoms with Crippen LogP contribution in [0.3, 0.4) is 0 Å². The lowest BCUT2D eigenvalue weighted by molar-refractivity contribution is -0.137. The smallest absolute Gasteiger partial charge is 0.416 e. The van der Waals surface area contributed by atoms with Gasteiger partial charge in [0, 0.05) is 55.7 Å². The predicted molar refractivity (Wildman–Crippen MR) is 137 cm³/mol. The number of amides is 1. The zero-order chi connectivity index (χ0) is 25.8. The van der Waals surface area contributed by atoms with E-state index in [1.807, 2.05) is 12.1 Å². The van der Waals surface area contributed by atoms with Crippen LogP contribution >= 0.6 is 0 Å². The maximum atomic E-state index is 13.2. The summed E-state index contributed by atoms with van der Waals surface area (Å²) in [5.74, 6) is -0.144. The quantitative estimate of drug-likeness (QED) is 0.569. The minimum absolute atomic E-state index is 0.163. The van der Waals surface area contributed by atoms with Gasteiger partial charge in [-0.25, -0.2) is 0 Å². The van der Waals surface area contributed by atoms with Gasteiger partial charge in [0.2, 0.25) is 5.91 Å². The van der Waals surface area contributed by atoms with E-state index in [1.165, 1.54) is 17.7 Å². The van der Waals surface area contributed by atoms with Crippen molar-refractivity contribution in [1.82, 2.24) is 4.90 Å².